The molecule has 0 radical (unpaired) electrons. The third-order valence-electron chi connectivity index (χ3n) is 2.91. The van der Waals surface area contributed by atoms with Crippen LogP contribution in [-0.2, 0) is 6.61 Å². The summed E-state index contributed by atoms with van der Waals surface area (Å²) >= 11 is 6.11. The molecular formula is C16H14ClFO2. The van der Waals surface area contributed by atoms with Crippen LogP contribution in [0, 0.1) is 12.7 Å². The van der Waals surface area contributed by atoms with Crippen molar-refractivity contribution >= 4 is 17.4 Å². The van der Waals surface area contributed by atoms with Gasteiger partial charge >= 0.3 is 0 Å². The van der Waals surface area contributed by atoms with Crippen molar-refractivity contribution in [2.24, 2.45) is 0 Å². The molecule has 2 nitrogen and oxygen atoms in total. The van der Waals surface area contributed by atoms with Crippen LogP contribution in [0.3, 0.4) is 0 Å². The molecule has 0 heterocycles. The Kier molecular flexibility index (Phi) is 4.40. The van der Waals surface area contributed by atoms with Crippen LogP contribution in [0.1, 0.15) is 28.4 Å². The van der Waals surface area contributed by atoms with E-state index in [4.69, 9.17) is 16.3 Å². The molecule has 0 atom stereocenters. The highest BCUT2D eigenvalue weighted by Crippen LogP contribution is 2.24. The third kappa shape index (κ3) is 3.36. The van der Waals surface area contributed by atoms with Crippen molar-refractivity contribution in [2.75, 3.05) is 0 Å². The lowest BCUT2D eigenvalue weighted by Crippen LogP contribution is -2.02. The lowest BCUT2D eigenvalue weighted by Gasteiger charge is -2.11. The smallest absolute Gasteiger partial charge is 0.163 e. The highest BCUT2D eigenvalue weighted by Gasteiger charge is 2.10. The van der Waals surface area contributed by atoms with Crippen molar-refractivity contribution in [3.8, 4) is 5.75 Å². The van der Waals surface area contributed by atoms with Gasteiger partial charge in [-0.25, -0.2) is 4.39 Å². The van der Waals surface area contributed by atoms with Gasteiger partial charge in [0.05, 0.1) is 5.56 Å². The van der Waals surface area contributed by atoms with E-state index in [2.05, 4.69) is 0 Å². The number of hydrogen-bond acceptors (Lipinski definition) is 2. The molecule has 0 amide bonds. The second kappa shape index (κ2) is 6.06. The number of aryl methyl sites for hydroxylation is 1. The first kappa shape index (κ1) is 14.5. The van der Waals surface area contributed by atoms with Gasteiger partial charge in [-0.2, -0.15) is 0 Å². The second-order valence-electron chi connectivity index (χ2n) is 4.58. The van der Waals surface area contributed by atoms with Crippen molar-refractivity contribution < 1.29 is 13.9 Å². The number of benzene rings is 2. The van der Waals surface area contributed by atoms with Gasteiger partial charge < -0.3 is 4.74 Å². The molecule has 0 aliphatic carbocycles. The molecule has 2 rings (SSSR count). The van der Waals surface area contributed by atoms with Gasteiger partial charge in [-0.05, 0) is 37.6 Å². The molecule has 4 heteroatoms. The van der Waals surface area contributed by atoms with Crippen LogP contribution >= 0.6 is 11.6 Å². The molecule has 2 aromatic rings. The molecule has 0 fully saturated rings. The van der Waals surface area contributed by atoms with Crippen LogP contribution in [0.4, 0.5) is 4.39 Å². The minimum atomic E-state index is -0.444. The summed E-state index contributed by atoms with van der Waals surface area (Å²) in [6.45, 7) is 3.54. The van der Waals surface area contributed by atoms with E-state index >= 15 is 0 Å². The van der Waals surface area contributed by atoms with Gasteiger partial charge in [0, 0.05) is 16.7 Å². The fourth-order valence-corrected chi connectivity index (χ4v) is 2.12. The second-order valence-corrected chi connectivity index (χ2v) is 4.99. The number of ether oxygens (including phenoxy) is 1. The Labute approximate surface area is 122 Å². The minimum absolute atomic E-state index is 0.171. The van der Waals surface area contributed by atoms with E-state index < -0.39 is 5.82 Å². The molecule has 0 aliphatic heterocycles. The molecule has 0 saturated heterocycles. The van der Waals surface area contributed by atoms with E-state index in [0.29, 0.717) is 10.6 Å². The summed E-state index contributed by atoms with van der Waals surface area (Å²) in [5.41, 5.74) is 2.19. The van der Waals surface area contributed by atoms with Gasteiger partial charge in [0.2, 0.25) is 0 Å². The molecule has 0 spiro atoms. The van der Waals surface area contributed by atoms with Gasteiger partial charge in [-0.1, -0.05) is 23.7 Å². The topological polar surface area (TPSA) is 26.3 Å². The highest BCUT2D eigenvalue weighted by molar-refractivity contribution is 6.31. The van der Waals surface area contributed by atoms with Crippen molar-refractivity contribution in [2.45, 2.75) is 20.5 Å². The van der Waals surface area contributed by atoms with Crippen LogP contribution < -0.4 is 4.74 Å². The lowest BCUT2D eigenvalue weighted by molar-refractivity contribution is 0.101. The van der Waals surface area contributed by atoms with E-state index in [-0.39, 0.29) is 18.1 Å². The molecule has 0 unspecified atom stereocenters. The first-order valence-electron chi connectivity index (χ1n) is 6.15. The molecule has 20 heavy (non-hydrogen) atoms. The molecule has 0 saturated carbocycles. The van der Waals surface area contributed by atoms with Crippen molar-refractivity contribution in [3.05, 3.63) is 63.9 Å². The maximum atomic E-state index is 13.3. The number of ketones is 1. The number of hydrogen-bond donors (Lipinski definition) is 0. The third-order valence-corrected chi connectivity index (χ3v) is 3.27. The van der Waals surface area contributed by atoms with E-state index in [1.165, 1.54) is 25.1 Å². The first-order valence-corrected chi connectivity index (χ1v) is 6.53. The summed E-state index contributed by atoms with van der Waals surface area (Å²) in [6, 6.07) is 9.47. The Morgan fingerprint density at radius 3 is 2.65 bits per heavy atom. The first-order chi connectivity index (χ1) is 9.47. The summed E-state index contributed by atoms with van der Waals surface area (Å²) in [6.07, 6.45) is 0. The predicted octanol–water partition coefficient (Wildman–Crippen LogP) is 4.57. The van der Waals surface area contributed by atoms with E-state index in [1.807, 2.05) is 25.1 Å². The summed E-state index contributed by atoms with van der Waals surface area (Å²) in [7, 11) is 0. The highest BCUT2D eigenvalue weighted by atomic mass is 35.5. The molecule has 0 aromatic heterocycles. The largest absolute Gasteiger partial charge is 0.488 e. The number of rotatable bonds is 4. The van der Waals surface area contributed by atoms with Crippen LogP contribution in [0.25, 0.3) is 0 Å². The number of Topliss-reactive ketones (excluding diaryl/α,β-unsaturated/α-hetero) is 1. The van der Waals surface area contributed by atoms with Gasteiger partial charge in [0.25, 0.3) is 0 Å². The maximum Gasteiger partial charge on any atom is 0.163 e. The minimum Gasteiger partial charge on any atom is -0.488 e. The Bertz CT molecular complexity index is 653. The lowest BCUT2D eigenvalue weighted by atomic mass is 10.1. The monoisotopic (exact) mass is 292 g/mol. The molecule has 0 aliphatic rings. The van der Waals surface area contributed by atoms with Gasteiger partial charge in [-0.3, -0.25) is 4.79 Å². The van der Waals surface area contributed by atoms with E-state index in [1.54, 1.807) is 0 Å². The van der Waals surface area contributed by atoms with Gasteiger partial charge in [-0.15, -0.1) is 0 Å². The molecule has 2 aromatic carbocycles. The quantitative estimate of drug-likeness (QED) is 0.772. The zero-order valence-corrected chi connectivity index (χ0v) is 12.0. The Morgan fingerprint density at radius 1 is 1.25 bits per heavy atom. The summed E-state index contributed by atoms with van der Waals surface area (Å²) in [5, 5.41) is 0.589. The Morgan fingerprint density at radius 2 is 2.00 bits per heavy atom. The van der Waals surface area contributed by atoms with Crippen LogP contribution in [0.15, 0.2) is 36.4 Å². The predicted molar refractivity (Wildman–Crippen MR) is 76.9 cm³/mol. The fraction of sp³-hybridized carbons (Fsp3) is 0.188. The molecule has 104 valence electrons. The van der Waals surface area contributed by atoms with Crippen molar-refractivity contribution in [3.63, 3.8) is 0 Å². The Balaban J connectivity index is 2.22. The number of carbonyl (C=O) groups is 1. The number of carbonyl (C=O) groups excluding carboxylic acids is 1. The fourth-order valence-electron chi connectivity index (χ4n) is 1.83. The zero-order valence-electron chi connectivity index (χ0n) is 11.2. The molecule has 0 bridgehead atoms. The maximum absolute atomic E-state index is 13.3. The van der Waals surface area contributed by atoms with Crippen LogP contribution in [-0.4, -0.2) is 5.78 Å². The molecular weight excluding hydrogens is 279 g/mol. The standard InChI is InChI=1S/C16H14ClFO2/c1-10-3-4-12(15(17)7-10)9-20-16-8-13(18)5-6-14(16)11(2)19/h3-8H,9H2,1-2H3. The summed E-state index contributed by atoms with van der Waals surface area (Å²) < 4.78 is 18.8. The van der Waals surface area contributed by atoms with Crippen molar-refractivity contribution in [1.29, 1.82) is 0 Å². The normalized spacial score (nSPS) is 10.4. The van der Waals surface area contributed by atoms with Crippen LogP contribution in [0.2, 0.25) is 5.02 Å². The average molecular weight is 293 g/mol. The van der Waals surface area contributed by atoms with Crippen LogP contribution in [0.5, 0.6) is 5.75 Å². The van der Waals surface area contributed by atoms with Crippen molar-refractivity contribution in [1.82, 2.24) is 0 Å². The molecule has 0 N–H and O–H groups in total. The number of halogens is 2. The summed E-state index contributed by atoms with van der Waals surface area (Å²) in [4.78, 5) is 11.5. The zero-order chi connectivity index (χ0) is 14.7. The average Bonchev–Trinajstić information content (AvgIpc) is 2.37. The SMILES string of the molecule is CC(=O)c1ccc(F)cc1OCc1ccc(C)cc1Cl. The van der Waals surface area contributed by atoms with E-state index in [9.17, 15) is 9.18 Å². The van der Waals surface area contributed by atoms with Gasteiger partial charge in [0.15, 0.2) is 5.78 Å². The van der Waals surface area contributed by atoms with Gasteiger partial charge in [0.1, 0.15) is 18.2 Å². The Hall–Kier alpha value is -1.87. The summed E-state index contributed by atoms with van der Waals surface area (Å²) in [5.74, 6) is -0.385. The van der Waals surface area contributed by atoms with E-state index in [0.717, 1.165) is 11.1 Å².